The molecular weight excluding hydrogens is 430 g/mol. The first kappa shape index (κ1) is 23.8. The highest BCUT2D eigenvalue weighted by Crippen LogP contribution is 2.24. The molecule has 0 radical (unpaired) electrons. The lowest BCUT2D eigenvalue weighted by atomic mass is 10.2. The number of benzene rings is 1. The molecule has 0 fully saturated rings. The van der Waals surface area contributed by atoms with Crippen LogP contribution in [0, 0.1) is 5.82 Å². The second-order valence-electron chi connectivity index (χ2n) is 6.35. The molecule has 0 aliphatic carbocycles. The number of hydrogen-bond acceptors (Lipinski definition) is 4. The van der Waals surface area contributed by atoms with E-state index in [2.05, 4.69) is 21.6 Å². The van der Waals surface area contributed by atoms with Crippen LogP contribution in [-0.2, 0) is 14.3 Å². The second-order valence-corrected chi connectivity index (χ2v) is 6.76. The van der Waals surface area contributed by atoms with Gasteiger partial charge in [0.1, 0.15) is 12.4 Å². The van der Waals surface area contributed by atoms with E-state index >= 15 is 0 Å². The monoisotopic (exact) mass is 449 g/mol. The van der Waals surface area contributed by atoms with Crippen LogP contribution in [-0.4, -0.2) is 47.7 Å². The topological polar surface area (TPSA) is 65.4 Å². The average molecular weight is 450 g/mol. The molecule has 0 bridgehead atoms. The minimum absolute atomic E-state index is 0.0182. The SMILES string of the molecule is C=C(CCNC(=O)COC[C@@H](C)OC(F)(F)F)n1cnc(-c2ccc(Cl)c(F)c2)c1. The maximum atomic E-state index is 13.6. The van der Waals surface area contributed by atoms with E-state index in [4.69, 9.17) is 16.3 Å². The van der Waals surface area contributed by atoms with Crippen molar-refractivity contribution in [1.29, 1.82) is 0 Å². The molecule has 1 amide bonds. The van der Waals surface area contributed by atoms with Crippen LogP contribution in [0.25, 0.3) is 17.0 Å². The third-order valence-electron chi connectivity index (χ3n) is 3.82. The summed E-state index contributed by atoms with van der Waals surface area (Å²) in [6.45, 7) is 4.56. The van der Waals surface area contributed by atoms with Gasteiger partial charge in [0, 0.05) is 30.4 Å². The van der Waals surface area contributed by atoms with Crippen molar-refractivity contribution in [2.75, 3.05) is 19.8 Å². The maximum Gasteiger partial charge on any atom is 0.522 e. The van der Waals surface area contributed by atoms with Gasteiger partial charge in [-0.15, -0.1) is 13.2 Å². The molecule has 2 rings (SSSR count). The number of aromatic nitrogens is 2. The van der Waals surface area contributed by atoms with E-state index in [-0.39, 0.29) is 18.2 Å². The van der Waals surface area contributed by atoms with E-state index in [1.165, 1.54) is 25.4 Å². The van der Waals surface area contributed by atoms with Gasteiger partial charge >= 0.3 is 6.36 Å². The number of alkyl halides is 3. The first-order valence-corrected chi connectivity index (χ1v) is 9.19. The van der Waals surface area contributed by atoms with Gasteiger partial charge in [-0.2, -0.15) is 0 Å². The van der Waals surface area contributed by atoms with Gasteiger partial charge in [-0.3, -0.25) is 9.53 Å². The van der Waals surface area contributed by atoms with Crippen LogP contribution in [0.1, 0.15) is 13.3 Å². The molecule has 0 saturated carbocycles. The molecule has 1 atom stereocenters. The lowest BCUT2D eigenvalue weighted by molar-refractivity contribution is -0.343. The molecular formula is C19H20ClF4N3O3. The molecule has 1 N–H and O–H groups in total. The number of hydrogen-bond donors (Lipinski definition) is 1. The first-order valence-electron chi connectivity index (χ1n) is 8.81. The molecule has 2 aromatic rings. The number of ether oxygens (including phenoxy) is 2. The van der Waals surface area contributed by atoms with E-state index in [1.807, 2.05) is 0 Å². The minimum atomic E-state index is -4.75. The number of nitrogens with one attached hydrogen (secondary N) is 1. The van der Waals surface area contributed by atoms with Crippen molar-refractivity contribution < 1.29 is 31.8 Å². The molecule has 1 aromatic carbocycles. The predicted octanol–water partition coefficient (Wildman–Crippen LogP) is 4.26. The summed E-state index contributed by atoms with van der Waals surface area (Å²) < 4.78 is 59.9. The van der Waals surface area contributed by atoms with Crippen molar-refractivity contribution in [3.63, 3.8) is 0 Å². The lowest BCUT2D eigenvalue weighted by Crippen LogP contribution is -2.31. The standard InChI is InChI=1S/C19H20ClF4N3O3/c1-12(5-6-25-18(28)10-29-9-13(2)30-19(22,23)24)27-8-17(26-11-27)14-3-4-15(20)16(21)7-14/h3-4,7-8,11,13H,1,5-6,9-10H2,2H3,(H,25,28)/t13-/m1/s1. The lowest BCUT2D eigenvalue weighted by Gasteiger charge is -2.15. The van der Waals surface area contributed by atoms with Crippen molar-refractivity contribution in [2.45, 2.75) is 25.8 Å². The van der Waals surface area contributed by atoms with Gasteiger partial charge in [0.25, 0.3) is 0 Å². The van der Waals surface area contributed by atoms with Crippen LogP contribution in [0.5, 0.6) is 0 Å². The fourth-order valence-corrected chi connectivity index (χ4v) is 2.52. The van der Waals surface area contributed by atoms with Crippen LogP contribution in [0.4, 0.5) is 17.6 Å². The number of rotatable bonds is 10. The second kappa shape index (κ2) is 10.6. The van der Waals surface area contributed by atoms with Gasteiger partial charge in [-0.1, -0.05) is 24.2 Å². The van der Waals surface area contributed by atoms with Crippen LogP contribution >= 0.6 is 11.6 Å². The van der Waals surface area contributed by atoms with Gasteiger partial charge in [0.2, 0.25) is 5.91 Å². The van der Waals surface area contributed by atoms with Crippen molar-refractivity contribution >= 4 is 23.2 Å². The van der Waals surface area contributed by atoms with Gasteiger partial charge in [-0.05, 0) is 19.1 Å². The summed E-state index contributed by atoms with van der Waals surface area (Å²) >= 11 is 5.67. The zero-order chi connectivity index (χ0) is 22.3. The fourth-order valence-electron chi connectivity index (χ4n) is 2.41. The van der Waals surface area contributed by atoms with Gasteiger partial charge in [-0.25, -0.2) is 9.37 Å². The quantitative estimate of drug-likeness (QED) is 0.550. The van der Waals surface area contributed by atoms with Crippen LogP contribution in [0.2, 0.25) is 5.02 Å². The van der Waals surface area contributed by atoms with Crippen molar-refractivity contribution in [3.05, 3.63) is 48.1 Å². The molecule has 0 aliphatic rings. The smallest absolute Gasteiger partial charge is 0.369 e. The van der Waals surface area contributed by atoms with Crippen molar-refractivity contribution in [2.24, 2.45) is 0 Å². The Balaban J connectivity index is 1.72. The Morgan fingerprint density at radius 1 is 1.40 bits per heavy atom. The van der Waals surface area contributed by atoms with Gasteiger partial charge < -0.3 is 14.6 Å². The Morgan fingerprint density at radius 3 is 2.80 bits per heavy atom. The van der Waals surface area contributed by atoms with E-state index in [0.29, 0.717) is 23.4 Å². The van der Waals surface area contributed by atoms with Crippen LogP contribution in [0.15, 0.2) is 37.3 Å². The predicted molar refractivity (Wildman–Crippen MR) is 103 cm³/mol. The Kier molecular flexibility index (Phi) is 8.39. The van der Waals surface area contributed by atoms with E-state index in [1.54, 1.807) is 16.8 Å². The molecule has 0 saturated heterocycles. The number of nitrogens with zero attached hydrogens (tertiary/aromatic N) is 2. The van der Waals surface area contributed by atoms with Crippen molar-refractivity contribution in [1.82, 2.24) is 14.9 Å². The number of carbonyl (C=O) groups is 1. The Bertz CT molecular complexity index is 886. The van der Waals surface area contributed by atoms with Crippen LogP contribution in [0.3, 0.4) is 0 Å². The molecule has 0 spiro atoms. The average Bonchev–Trinajstić information content (AvgIpc) is 3.12. The van der Waals surface area contributed by atoms with E-state index < -0.39 is 30.8 Å². The zero-order valence-electron chi connectivity index (χ0n) is 16.0. The number of carbonyl (C=O) groups excluding carboxylic acids is 1. The maximum absolute atomic E-state index is 13.6. The summed E-state index contributed by atoms with van der Waals surface area (Å²) in [6, 6.07) is 4.36. The molecule has 164 valence electrons. The largest absolute Gasteiger partial charge is 0.522 e. The zero-order valence-corrected chi connectivity index (χ0v) is 16.8. The number of halogens is 5. The molecule has 6 nitrogen and oxygen atoms in total. The Morgan fingerprint density at radius 2 is 2.13 bits per heavy atom. The van der Waals surface area contributed by atoms with E-state index in [0.717, 1.165) is 0 Å². The molecule has 0 aliphatic heterocycles. The summed E-state index contributed by atoms with van der Waals surface area (Å²) in [6.07, 6.45) is -2.42. The summed E-state index contributed by atoms with van der Waals surface area (Å²) in [4.78, 5) is 15.9. The summed E-state index contributed by atoms with van der Waals surface area (Å²) in [5.74, 6) is -1.03. The van der Waals surface area contributed by atoms with Gasteiger partial charge in [0.15, 0.2) is 0 Å². The number of amides is 1. The summed E-state index contributed by atoms with van der Waals surface area (Å²) in [7, 11) is 0. The number of imidazole rings is 1. The molecule has 0 unspecified atom stereocenters. The van der Waals surface area contributed by atoms with Crippen LogP contribution < -0.4 is 5.32 Å². The van der Waals surface area contributed by atoms with E-state index in [9.17, 15) is 22.4 Å². The third-order valence-corrected chi connectivity index (χ3v) is 4.13. The molecule has 30 heavy (non-hydrogen) atoms. The highest BCUT2D eigenvalue weighted by Gasteiger charge is 2.31. The normalized spacial score (nSPS) is 12.6. The third kappa shape index (κ3) is 7.77. The molecule has 1 aromatic heterocycles. The fraction of sp³-hybridized carbons (Fsp3) is 0.368. The van der Waals surface area contributed by atoms with Crippen molar-refractivity contribution in [3.8, 4) is 11.3 Å². The first-order chi connectivity index (χ1) is 14.0. The molecule has 1 heterocycles. The highest BCUT2D eigenvalue weighted by molar-refractivity contribution is 6.30. The Hall–Kier alpha value is -2.43. The summed E-state index contributed by atoms with van der Waals surface area (Å²) in [5.41, 5.74) is 1.70. The summed E-state index contributed by atoms with van der Waals surface area (Å²) in [5, 5.41) is 2.59. The minimum Gasteiger partial charge on any atom is -0.369 e. The molecule has 11 heteroatoms. The highest BCUT2D eigenvalue weighted by atomic mass is 35.5. The Labute approximate surface area is 175 Å². The van der Waals surface area contributed by atoms with Gasteiger partial charge in [0.05, 0.1) is 29.8 Å².